The standard InChI is InChI=1S/C5H5NO2.C5H8O.C4H6O/c1-6-4(7)2-3-5(6)8;1-4(2)5(3)6;1-3-4(2)5/h2-3H,1H3;1H2,2-3H3;3H,1H2,2H3. The Kier molecular flexibility index (Phi) is 9.73. The van der Waals surface area contributed by atoms with Crippen LogP contribution in [0.4, 0.5) is 0 Å². The number of allylic oxidation sites excluding steroid dienone is 2. The molecule has 5 heteroatoms. The van der Waals surface area contributed by atoms with E-state index in [0.29, 0.717) is 5.57 Å². The molecule has 0 aromatic heterocycles. The van der Waals surface area contributed by atoms with Gasteiger partial charge >= 0.3 is 0 Å². The van der Waals surface area contributed by atoms with E-state index in [4.69, 9.17) is 0 Å². The number of amides is 2. The highest BCUT2D eigenvalue weighted by Crippen LogP contribution is 1.97. The number of rotatable bonds is 2. The molecule has 0 aliphatic carbocycles. The molecule has 0 radical (unpaired) electrons. The van der Waals surface area contributed by atoms with Crippen molar-refractivity contribution in [2.75, 3.05) is 7.05 Å². The maximum Gasteiger partial charge on any atom is 0.253 e. The molecule has 0 bridgehead atoms. The predicted octanol–water partition coefficient (Wildman–Crippen LogP) is 1.45. The van der Waals surface area contributed by atoms with Crippen LogP contribution >= 0.6 is 0 Å². The molecule has 1 heterocycles. The van der Waals surface area contributed by atoms with Crippen molar-refractivity contribution in [2.24, 2.45) is 0 Å². The van der Waals surface area contributed by atoms with E-state index in [2.05, 4.69) is 13.2 Å². The number of Topliss-reactive ketones (excluding diaryl/α,β-unsaturated/α-hetero) is 1. The van der Waals surface area contributed by atoms with Crippen LogP contribution in [0.5, 0.6) is 0 Å². The van der Waals surface area contributed by atoms with Gasteiger partial charge < -0.3 is 0 Å². The van der Waals surface area contributed by atoms with Gasteiger partial charge in [-0.2, -0.15) is 0 Å². The van der Waals surface area contributed by atoms with Gasteiger partial charge in [-0.05, 0) is 32.4 Å². The summed E-state index contributed by atoms with van der Waals surface area (Å²) in [4.78, 5) is 41.6. The molecule has 0 saturated heterocycles. The third-order valence-corrected chi connectivity index (χ3v) is 1.92. The van der Waals surface area contributed by atoms with E-state index >= 15 is 0 Å². The Morgan fingerprint density at radius 2 is 1.37 bits per heavy atom. The van der Waals surface area contributed by atoms with Crippen LogP contribution < -0.4 is 0 Å². The zero-order chi connectivity index (χ0) is 15.6. The quantitative estimate of drug-likeness (QED) is 0.559. The first-order chi connectivity index (χ1) is 8.63. The van der Waals surface area contributed by atoms with Crippen molar-refractivity contribution in [3.8, 4) is 0 Å². The molecule has 0 aromatic carbocycles. The summed E-state index contributed by atoms with van der Waals surface area (Å²) < 4.78 is 0. The van der Waals surface area contributed by atoms with E-state index in [9.17, 15) is 19.2 Å². The average molecular weight is 265 g/mol. The molecule has 0 unspecified atom stereocenters. The van der Waals surface area contributed by atoms with Gasteiger partial charge in [-0.25, -0.2) is 0 Å². The fourth-order valence-electron chi connectivity index (χ4n) is 0.475. The third kappa shape index (κ3) is 10.6. The Morgan fingerprint density at radius 1 is 1.11 bits per heavy atom. The molecular formula is C14H19NO4. The minimum atomic E-state index is -0.241. The third-order valence-electron chi connectivity index (χ3n) is 1.92. The van der Waals surface area contributed by atoms with Gasteiger partial charge in [-0.15, -0.1) is 0 Å². The van der Waals surface area contributed by atoms with Crippen molar-refractivity contribution < 1.29 is 19.2 Å². The molecule has 0 N–H and O–H groups in total. The van der Waals surface area contributed by atoms with Crippen molar-refractivity contribution in [1.29, 1.82) is 0 Å². The number of carbonyl (C=O) groups excluding carboxylic acids is 4. The first kappa shape index (κ1) is 19.0. The maximum atomic E-state index is 10.4. The summed E-state index contributed by atoms with van der Waals surface area (Å²) in [6.45, 7) is 11.3. The van der Waals surface area contributed by atoms with Gasteiger partial charge in [0.25, 0.3) is 11.8 Å². The van der Waals surface area contributed by atoms with Gasteiger partial charge in [0.1, 0.15) is 0 Å². The SMILES string of the molecule is C=C(C)C(C)=O.C=CC(C)=O.CN1C(=O)C=CC1=O. The van der Waals surface area contributed by atoms with Crippen LogP contribution in [0.1, 0.15) is 20.8 Å². The van der Waals surface area contributed by atoms with Crippen molar-refractivity contribution in [3.05, 3.63) is 37.0 Å². The largest absolute Gasteiger partial charge is 0.295 e. The second-order valence-electron chi connectivity index (χ2n) is 3.72. The summed E-state index contributed by atoms with van der Waals surface area (Å²) in [5.41, 5.74) is 0.620. The minimum absolute atomic E-state index is 0.0185. The smallest absolute Gasteiger partial charge is 0.253 e. The number of hydrogen-bond acceptors (Lipinski definition) is 4. The van der Waals surface area contributed by atoms with E-state index in [1.54, 1.807) is 6.92 Å². The number of carbonyl (C=O) groups is 4. The highest BCUT2D eigenvalue weighted by atomic mass is 16.2. The predicted molar refractivity (Wildman–Crippen MR) is 73.3 cm³/mol. The fourth-order valence-corrected chi connectivity index (χ4v) is 0.475. The number of hydrogen-bond donors (Lipinski definition) is 0. The van der Waals surface area contributed by atoms with Crippen LogP contribution in [-0.4, -0.2) is 35.3 Å². The van der Waals surface area contributed by atoms with Gasteiger partial charge in [0.15, 0.2) is 11.6 Å². The maximum absolute atomic E-state index is 10.4. The zero-order valence-corrected chi connectivity index (χ0v) is 11.7. The van der Waals surface area contributed by atoms with Crippen LogP contribution in [0.25, 0.3) is 0 Å². The molecule has 0 fully saturated rings. The lowest BCUT2D eigenvalue weighted by atomic mass is 10.3. The summed E-state index contributed by atoms with van der Waals surface area (Å²) >= 11 is 0. The Bertz CT molecular complexity index is 403. The molecule has 5 nitrogen and oxygen atoms in total. The molecule has 0 aromatic rings. The van der Waals surface area contributed by atoms with Gasteiger partial charge in [0.05, 0.1) is 0 Å². The van der Waals surface area contributed by atoms with Crippen molar-refractivity contribution in [1.82, 2.24) is 4.90 Å². The summed E-state index contributed by atoms with van der Waals surface area (Å²) in [5, 5.41) is 0. The number of ketones is 2. The summed E-state index contributed by atoms with van der Waals surface area (Å²) in [7, 11) is 1.45. The van der Waals surface area contributed by atoms with Crippen LogP contribution in [0.15, 0.2) is 37.0 Å². The van der Waals surface area contributed by atoms with Crippen LogP contribution in [-0.2, 0) is 19.2 Å². The van der Waals surface area contributed by atoms with Gasteiger partial charge in [0, 0.05) is 19.2 Å². The van der Waals surface area contributed by atoms with E-state index in [1.807, 2.05) is 0 Å². The first-order valence-electron chi connectivity index (χ1n) is 5.42. The lowest BCUT2D eigenvalue weighted by Crippen LogP contribution is -2.24. The highest BCUT2D eigenvalue weighted by Gasteiger charge is 2.17. The Balaban J connectivity index is 0. The highest BCUT2D eigenvalue weighted by molar-refractivity contribution is 6.12. The molecule has 2 amide bonds. The second kappa shape index (κ2) is 9.70. The zero-order valence-electron chi connectivity index (χ0n) is 11.7. The van der Waals surface area contributed by atoms with E-state index in [1.165, 1.54) is 39.1 Å². The summed E-state index contributed by atoms with van der Waals surface area (Å²) in [6.07, 6.45) is 3.78. The van der Waals surface area contributed by atoms with Crippen LogP contribution in [0, 0.1) is 0 Å². The van der Waals surface area contributed by atoms with Gasteiger partial charge in [0.2, 0.25) is 0 Å². The van der Waals surface area contributed by atoms with Crippen molar-refractivity contribution >= 4 is 23.4 Å². The summed E-state index contributed by atoms with van der Waals surface area (Å²) in [5.74, 6) is -0.398. The van der Waals surface area contributed by atoms with Crippen LogP contribution in [0.3, 0.4) is 0 Å². The topological polar surface area (TPSA) is 71.5 Å². The number of nitrogens with zero attached hydrogens (tertiary/aromatic N) is 1. The van der Waals surface area contributed by atoms with E-state index in [-0.39, 0.29) is 23.4 Å². The molecular weight excluding hydrogens is 246 g/mol. The number of imide groups is 1. The molecule has 19 heavy (non-hydrogen) atoms. The Morgan fingerprint density at radius 3 is 1.42 bits per heavy atom. The molecule has 0 saturated carbocycles. The van der Waals surface area contributed by atoms with Crippen molar-refractivity contribution in [3.63, 3.8) is 0 Å². The molecule has 1 aliphatic heterocycles. The average Bonchev–Trinajstić information content (AvgIpc) is 2.62. The van der Waals surface area contributed by atoms with Crippen LogP contribution in [0.2, 0.25) is 0 Å². The van der Waals surface area contributed by atoms with E-state index in [0.717, 1.165) is 4.90 Å². The fraction of sp³-hybridized carbons (Fsp3) is 0.286. The van der Waals surface area contributed by atoms with E-state index < -0.39 is 0 Å². The first-order valence-corrected chi connectivity index (χ1v) is 5.42. The lowest BCUT2D eigenvalue weighted by molar-refractivity contribution is -0.135. The monoisotopic (exact) mass is 265 g/mol. The van der Waals surface area contributed by atoms with Gasteiger partial charge in [-0.3, -0.25) is 24.1 Å². The Labute approximate surface area is 113 Å². The second-order valence-corrected chi connectivity index (χ2v) is 3.72. The molecule has 104 valence electrons. The Hall–Kier alpha value is -2.30. The normalized spacial score (nSPS) is 11.9. The molecule has 0 atom stereocenters. The number of likely N-dealkylation sites (N-methyl/N-ethyl adjacent to an activating group) is 1. The summed E-state index contributed by atoms with van der Waals surface area (Å²) in [6, 6.07) is 0. The molecule has 1 aliphatic rings. The lowest BCUT2D eigenvalue weighted by Gasteiger charge is -2.01. The molecule has 0 spiro atoms. The van der Waals surface area contributed by atoms with Gasteiger partial charge in [-0.1, -0.05) is 13.2 Å². The van der Waals surface area contributed by atoms with Crippen molar-refractivity contribution in [2.45, 2.75) is 20.8 Å². The minimum Gasteiger partial charge on any atom is -0.295 e. The molecule has 1 rings (SSSR count).